The van der Waals surface area contributed by atoms with Gasteiger partial charge in [-0.2, -0.15) is 5.26 Å². The zero-order valence-electron chi connectivity index (χ0n) is 11.9. The number of hydrogen-bond donors (Lipinski definition) is 1. The number of rotatable bonds is 3. The summed E-state index contributed by atoms with van der Waals surface area (Å²) < 4.78 is 0. The summed E-state index contributed by atoms with van der Waals surface area (Å²) in [6, 6.07) is 4.23. The van der Waals surface area contributed by atoms with E-state index in [9.17, 15) is 10.1 Å². The van der Waals surface area contributed by atoms with Gasteiger partial charge in [-0.3, -0.25) is 9.69 Å². The summed E-state index contributed by atoms with van der Waals surface area (Å²) >= 11 is 0. The van der Waals surface area contributed by atoms with Crippen LogP contribution in [0.2, 0.25) is 0 Å². The maximum atomic E-state index is 10.7. The SMILES string of the molecule is N#Cc1cc2c(nc1N1CCN(CC(=O)O)CC1)CCC2. The number of aromatic nitrogens is 1. The molecule has 110 valence electrons. The molecule has 21 heavy (non-hydrogen) atoms. The standard InChI is InChI=1S/C15H18N4O2/c16-9-12-8-11-2-1-3-13(11)17-15(12)19-6-4-18(5-7-19)10-14(20)21/h8H,1-7,10H2,(H,20,21). The number of carboxylic acid groups (broad SMARTS) is 1. The minimum absolute atomic E-state index is 0.0799. The number of aliphatic carboxylic acids is 1. The molecule has 0 atom stereocenters. The number of carboxylic acids is 1. The largest absolute Gasteiger partial charge is 0.480 e. The van der Waals surface area contributed by atoms with Crippen molar-refractivity contribution in [2.75, 3.05) is 37.6 Å². The molecule has 1 N–H and O–H groups in total. The summed E-state index contributed by atoms with van der Waals surface area (Å²) in [5.74, 6) is -0.0232. The van der Waals surface area contributed by atoms with Gasteiger partial charge in [0.1, 0.15) is 11.9 Å². The van der Waals surface area contributed by atoms with Crippen molar-refractivity contribution in [3.8, 4) is 6.07 Å². The van der Waals surface area contributed by atoms with E-state index in [2.05, 4.69) is 11.0 Å². The monoisotopic (exact) mass is 286 g/mol. The Bertz CT molecular complexity index is 600. The molecule has 2 aliphatic rings. The van der Waals surface area contributed by atoms with Crippen LogP contribution in [0, 0.1) is 11.3 Å². The van der Waals surface area contributed by atoms with Gasteiger partial charge in [0.2, 0.25) is 0 Å². The highest BCUT2D eigenvalue weighted by molar-refractivity contribution is 5.69. The molecule has 0 amide bonds. The molecular weight excluding hydrogens is 268 g/mol. The van der Waals surface area contributed by atoms with Crippen LogP contribution in [0.4, 0.5) is 5.82 Å². The molecule has 0 radical (unpaired) electrons. The first kappa shape index (κ1) is 13.8. The van der Waals surface area contributed by atoms with Gasteiger partial charge in [-0.1, -0.05) is 0 Å². The van der Waals surface area contributed by atoms with Crippen LogP contribution in [0.5, 0.6) is 0 Å². The first-order valence-electron chi connectivity index (χ1n) is 7.29. The fraction of sp³-hybridized carbons (Fsp3) is 0.533. The van der Waals surface area contributed by atoms with Crippen LogP contribution >= 0.6 is 0 Å². The maximum absolute atomic E-state index is 10.7. The number of nitrogens with zero attached hydrogens (tertiary/aromatic N) is 4. The predicted octanol–water partition coefficient (Wildman–Crippen LogP) is 0.649. The summed E-state index contributed by atoms with van der Waals surface area (Å²) in [4.78, 5) is 19.5. The van der Waals surface area contributed by atoms with E-state index in [4.69, 9.17) is 10.1 Å². The quantitative estimate of drug-likeness (QED) is 0.878. The smallest absolute Gasteiger partial charge is 0.317 e. The van der Waals surface area contributed by atoms with E-state index < -0.39 is 5.97 Å². The maximum Gasteiger partial charge on any atom is 0.317 e. The molecule has 1 aliphatic heterocycles. The molecule has 1 fully saturated rings. The van der Waals surface area contributed by atoms with Crippen LogP contribution in [0.3, 0.4) is 0 Å². The van der Waals surface area contributed by atoms with Gasteiger partial charge in [-0.15, -0.1) is 0 Å². The summed E-state index contributed by atoms with van der Waals surface area (Å²) in [7, 11) is 0. The highest BCUT2D eigenvalue weighted by atomic mass is 16.4. The molecule has 0 bridgehead atoms. The topological polar surface area (TPSA) is 80.5 Å². The average molecular weight is 286 g/mol. The summed E-state index contributed by atoms with van der Waals surface area (Å²) in [5.41, 5.74) is 2.97. The fourth-order valence-electron chi connectivity index (χ4n) is 3.09. The normalized spacial score (nSPS) is 18.3. The number of aryl methyl sites for hydroxylation is 2. The minimum Gasteiger partial charge on any atom is -0.480 e. The molecule has 3 rings (SSSR count). The van der Waals surface area contributed by atoms with Gasteiger partial charge in [0.05, 0.1) is 12.1 Å². The molecule has 0 saturated carbocycles. The number of carbonyl (C=O) groups is 1. The van der Waals surface area contributed by atoms with Crippen LogP contribution in [-0.2, 0) is 17.6 Å². The Morgan fingerprint density at radius 2 is 2.10 bits per heavy atom. The third kappa shape index (κ3) is 2.83. The van der Waals surface area contributed by atoms with Gasteiger partial charge in [0.25, 0.3) is 0 Å². The van der Waals surface area contributed by atoms with Gasteiger partial charge in [-0.05, 0) is 30.9 Å². The van der Waals surface area contributed by atoms with E-state index in [1.807, 2.05) is 11.0 Å². The minimum atomic E-state index is -0.795. The Labute approximate surface area is 123 Å². The molecular formula is C15H18N4O2. The third-order valence-electron chi connectivity index (χ3n) is 4.18. The van der Waals surface area contributed by atoms with Crippen LogP contribution in [0.25, 0.3) is 0 Å². The molecule has 0 spiro atoms. The van der Waals surface area contributed by atoms with Crippen molar-refractivity contribution >= 4 is 11.8 Å². The second kappa shape index (κ2) is 5.70. The number of piperazine rings is 1. The van der Waals surface area contributed by atoms with Crippen molar-refractivity contribution < 1.29 is 9.90 Å². The summed E-state index contributed by atoms with van der Waals surface area (Å²) in [6.07, 6.45) is 3.12. The highest BCUT2D eigenvalue weighted by Crippen LogP contribution is 2.27. The van der Waals surface area contributed by atoms with Gasteiger partial charge in [0.15, 0.2) is 0 Å². The Balaban J connectivity index is 1.76. The van der Waals surface area contributed by atoms with Crippen LogP contribution in [-0.4, -0.2) is 53.7 Å². The first-order chi connectivity index (χ1) is 10.2. The van der Waals surface area contributed by atoms with Gasteiger partial charge >= 0.3 is 5.97 Å². The summed E-state index contributed by atoms with van der Waals surface area (Å²) in [6.45, 7) is 2.89. The molecule has 6 nitrogen and oxygen atoms in total. The zero-order valence-corrected chi connectivity index (χ0v) is 11.9. The molecule has 1 aromatic heterocycles. The molecule has 1 saturated heterocycles. The lowest BCUT2D eigenvalue weighted by Crippen LogP contribution is -2.48. The Morgan fingerprint density at radius 3 is 2.76 bits per heavy atom. The molecule has 0 aromatic carbocycles. The lowest BCUT2D eigenvalue weighted by atomic mass is 10.1. The third-order valence-corrected chi connectivity index (χ3v) is 4.18. The second-order valence-corrected chi connectivity index (χ2v) is 5.59. The Hall–Kier alpha value is -2.13. The van der Waals surface area contributed by atoms with Crippen molar-refractivity contribution in [1.29, 1.82) is 5.26 Å². The average Bonchev–Trinajstić information content (AvgIpc) is 2.93. The number of hydrogen-bond acceptors (Lipinski definition) is 5. The van der Waals surface area contributed by atoms with Gasteiger partial charge < -0.3 is 10.0 Å². The molecule has 6 heteroatoms. The lowest BCUT2D eigenvalue weighted by Gasteiger charge is -2.35. The van der Waals surface area contributed by atoms with Crippen molar-refractivity contribution in [3.63, 3.8) is 0 Å². The van der Waals surface area contributed by atoms with E-state index >= 15 is 0 Å². The number of fused-ring (bicyclic) bond motifs is 1. The van der Waals surface area contributed by atoms with Crippen LogP contribution in [0.15, 0.2) is 6.07 Å². The number of nitriles is 1. The van der Waals surface area contributed by atoms with Gasteiger partial charge in [-0.25, -0.2) is 4.98 Å². The second-order valence-electron chi connectivity index (χ2n) is 5.59. The van der Waals surface area contributed by atoms with E-state index in [1.165, 1.54) is 5.56 Å². The zero-order chi connectivity index (χ0) is 14.8. The Morgan fingerprint density at radius 1 is 1.33 bits per heavy atom. The van der Waals surface area contributed by atoms with E-state index in [1.54, 1.807) is 0 Å². The number of pyridine rings is 1. The van der Waals surface area contributed by atoms with Crippen LogP contribution < -0.4 is 4.90 Å². The van der Waals surface area contributed by atoms with E-state index in [0.29, 0.717) is 31.7 Å². The molecule has 0 unspecified atom stereocenters. The van der Waals surface area contributed by atoms with E-state index in [-0.39, 0.29) is 6.54 Å². The molecule has 1 aromatic rings. The highest BCUT2D eigenvalue weighted by Gasteiger charge is 2.24. The number of anilines is 1. The molecule has 2 heterocycles. The molecule has 1 aliphatic carbocycles. The van der Waals surface area contributed by atoms with Crippen molar-refractivity contribution in [2.24, 2.45) is 0 Å². The van der Waals surface area contributed by atoms with Crippen LogP contribution in [0.1, 0.15) is 23.2 Å². The van der Waals surface area contributed by atoms with Crippen molar-refractivity contribution in [1.82, 2.24) is 9.88 Å². The summed E-state index contributed by atoms with van der Waals surface area (Å²) in [5, 5.41) is 18.2. The predicted molar refractivity (Wildman–Crippen MR) is 77.3 cm³/mol. The lowest BCUT2D eigenvalue weighted by molar-refractivity contribution is -0.138. The Kier molecular flexibility index (Phi) is 3.76. The van der Waals surface area contributed by atoms with E-state index in [0.717, 1.165) is 30.8 Å². The fourth-order valence-corrected chi connectivity index (χ4v) is 3.09. The van der Waals surface area contributed by atoms with Crippen molar-refractivity contribution in [2.45, 2.75) is 19.3 Å². The van der Waals surface area contributed by atoms with Crippen molar-refractivity contribution in [3.05, 3.63) is 22.9 Å². The van der Waals surface area contributed by atoms with Gasteiger partial charge in [0, 0.05) is 31.9 Å². The first-order valence-corrected chi connectivity index (χ1v) is 7.29.